The summed E-state index contributed by atoms with van der Waals surface area (Å²) >= 11 is 5.93. The molecule has 150 valence electrons. The third-order valence-corrected chi connectivity index (χ3v) is 4.20. The van der Waals surface area contributed by atoms with Gasteiger partial charge in [-0.15, -0.1) is 0 Å². The van der Waals surface area contributed by atoms with Gasteiger partial charge in [0.2, 0.25) is 0 Å². The minimum atomic E-state index is -1.66. The summed E-state index contributed by atoms with van der Waals surface area (Å²) in [4.78, 5) is 24.6. The molecule has 0 aromatic heterocycles. The van der Waals surface area contributed by atoms with Crippen LogP contribution < -0.4 is 15.5 Å². The van der Waals surface area contributed by atoms with Crippen molar-refractivity contribution in [3.05, 3.63) is 64.4 Å². The molecule has 2 amide bonds. The maximum Gasteiger partial charge on any atom is 0.279 e. The molecule has 0 heterocycles. The van der Waals surface area contributed by atoms with E-state index in [1.54, 1.807) is 32.2 Å². The van der Waals surface area contributed by atoms with Crippen molar-refractivity contribution in [2.45, 2.75) is 13.0 Å². The number of likely N-dealkylation sites (N-methyl/N-ethyl adjacent to an activating group) is 1. The highest BCUT2D eigenvalue weighted by molar-refractivity contribution is 6.30. The monoisotopic (exact) mass is 414 g/mol. The zero-order valence-corrected chi connectivity index (χ0v) is 16.0. The van der Waals surface area contributed by atoms with Crippen LogP contribution in [0.3, 0.4) is 0 Å². The number of carbonyl (C=O) groups is 2. The molecule has 0 saturated carbocycles. The van der Waals surface area contributed by atoms with E-state index in [4.69, 9.17) is 11.6 Å². The van der Waals surface area contributed by atoms with E-state index in [1.807, 2.05) is 6.07 Å². The number of halogens is 4. The molecule has 0 radical (unpaired) electrons. The Balaban J connectivity index is 1.85. The average Bonchev–Trinajstić information content (AvgIpc) is 2.61. The largest absolute Gasteiger partial charge is 0.345 e. The maximum absolute atomic E-state index is 13.6. The third-order valence-electron chi connectivity index (χ3n) is 3.96. The lowest BCUT2D eigenvalue weighted by atomic mass is 10.1. The maximum atomic E-state index is 13.6. The summed E-state index contributed by atoms with van der Waals surface area (Å²) in [5.74, 6) is -5.41. The van der Waals surface area contributed by atoms with Gasteiger partial charge in [0.1, 0.15) is 0 Å². The van der Waals surface area contributed by atoms with Gasteiger partial charge >= 0.3 is 0 Å². The van der Waals surface area contributed by atoms with Gasteiger partial charge < -0.3 is 15.5 Å². The molecule has 1 unspecified atom stereocenters. The van der Waals surface area contributed by atoms with Crippen molar-refractivity contribution >= 4 is 29.1 Å². The second-order valence-electron chi connectivity index (χ2n) is 6.43. The number of rotatable bonds is 7. The Morgan fingerprint density at radius 1 is 1.07 bits per heavy atom. The van der Waals surface area contributed by atoms with Crippen molar-refractivity contribution in [3.63, 3.8) is 0 Å². The zero-order valence-electron chi connectivity index (χ0n) is 15.3. The van der Waals surface area contributed by atoms with Gasteiger partial charge in [0.05, 0.1) is 18.8 Å². The number of quaternary nitrogens is 1. The highest BCUT2D eigenvalue weighted by Gasteiger charge is 2.19. The normalized spacial score (nSPS) is 12.9. The topological polar surface area (TPSA) is 62.6 Å². The first-order valence-electron chi connectivity index (χ1n) is 8.47. The molecule has 0 spiro atoms. The van der Waals surface area contributed by atoms with Crippen LogP contribution in [0, 0.1) is 17.5 Å². The van der Waals surface area contributed by atoms with E-state index in [-0.39, 0.29) is 25.0 Å². The highest BCUT2D eigenvalue weighted by atomic mass is 35.5. The number of anilines is 1. The summed E-state index contributed by atoms with van der Waals surface area (Å²) in [5, 5.41) is 5.52. The van der Waals surface area contributed by atoms with Gasteiger partial charge in [-0.2, -0.15) is 0 Å². The quantitative estimate of drug-likeness (QED) is 0.607. The van der Waals surface area contributed by atoms with Crippen molar-refractivity contribution in [3.8, 4) is 0 Å². The van der Waals surface area contributed by atoms with Gasteiger partial charge in [-0.25, -0.2) is 13.2 Å². The standard InChI is InChI=1S/C19H19ClF3N3O2/c1-11(12-4-3-5-13(20)8-12)24-16(27)9-26(2)10-17(28)25-15-7-6-14(21)18(22)19(15)23/h3-8,11H,9-10H2,1-2H3,(H,24,27)(H,25,28)/p+1/t11-/m1/s1. The van der Waals surface area contributed by atoms with Crippen LogP contribution in [0.2, 0.25) is 5.02 Å². The molecule has 3 N–H and O–H groups in total. The lowest BCUT2D eigenvalue weighted by Crippen LogP contribution is -3.11. The van der Waals surface area contributed by atoms with Crippen molar-refractivity contribution in [2.24, 2.45) is 0 Å². The number of benzene rings is 2. The van der Waals surface area contributed by atoms with Crippen LogP contribution in [-0.4, -0.2) is 32.0 Å². The molecule has 0 saturated heterocycles. The summed E-state index contributed by atoms with van der Waals surface area (Å²) in [7, 11) is 1.60. The minimum absolute atomic E-state index is 0.0153. The SMILES string of the molecule is C[C@@H](NC(=O)C[NH+](C)CC(=O)Nc1ccc(F)c(F)c1F)c1cccc(Cl)c1. The highest BCUT2D eigenvalue weighted by Crippen LogP contribution is 2.19. The Morgan fingerprint density at radius 3 is 2.43 bits per heavy atom. The van der Waals surface area contributed by atoms with Crippen LogP contribution in [0.4, 0.5) is 18.9 Å². The number of amides is 2. The Bertz CT molecular complexity index is 879. The van der Waals surface area contributed by atoms with Crippen molar-refractivity contribution in [2.75, 3.05) is 25.5 Å². The van der Waals surface area contributed by atoms with E-state index in [9.17, 15) is 22.8 Å². The lowest BCUT2D eigenvalue weighted by Gasteiger charge is -2.17. The smallest absolute Gasteiger partial charge is 0.279 e. The van der Waals surface area contributed by atoms with Gasteiger partial charge in [-0.05, 0) is 36.8 Å². The second kappa shape index (κ2) is 9.57. The van der Waals surface area contributed by atoms with Gasteiger partial charge in [0, 0.05) is 5.02 Å². The number of hydrogen-bond acceptors (Lipinski definition) is 2. The number of nitrogens with one attached hydrogen (secondary N) is 3. The predicted molar refractivity (Wildman–Crippen MR) is 99.6 cm³/mol. The van der Waals surface area contributed by atoms with Crippen LogP contribution in [0.25, 0.3) is 0 Å². The van der Waals surface area contributed by atoms with Crippen molar-refractivity contribution in [1.82, 2.24) is 5.32 Å². The molecule has 0 aliphatic heterocycles. The summed E-state index contributed by atoms with van der Waals surface area (Å²) < 4.78 is 39.7. The molecule has 0 fully saturated rings. The molecule has 0 bridgehead atoms. The van der Waals surface area contributed by atoms with Gasteiger partial charge in [-0.1, -0.05) is 23.7 Å². The molecule has 2 aromatic carbocycles. The minimum Gasteiger partial charge on any atom is -0.345 e. The predicted octanol–water partition coefficient (Wildman–Crippen LogP) is 2.09. The molecule has 2 aromatic rings. The summed E-state index contributed by atoms with van der Waals surface area (Å²) in [6, 6.07) is 8.45. The number of carbonyl (C=O) groups excluding carboxylic acids is 2. The van der Waals surface area contributed by atoms with E-state index in [1.165, 1.54) is 0 Å². The first kappa shape index (κ1) is 21.7. The van der Waals surface area contributed by atoms with Gasteiger partial charge in [-0.3, -0.25) is 9.59 Å². The summed E-state index contributed by atoms with van der Waals surface area (Å²) in [5.41, 5.74) is 0.376. The van der Waals surface area contributed by atoms with E-state index in [2.05, 4.69) is 10.6 Å². The Hall–Kier alpha value is -2.58. The summed E-state index contributed by atoms with van der Waals surface area (Å²) in [6.07, 6.45) is 0. The van der Waals surface area contributed by atoms with E-state index < -0.39 is 29.0 Å². The van der Waals surface area contributed by atoms with Gasteiger partial charge in [0.15, 0.2) is 30.5 Å². The Morgan fingerprint density at radius 2 is 1.75 bits per heavy atom. The van der Waals surface area contributed by atoms with Crippen LogP contribution in [0.5, 0.6) is 0 Å². The van der Waals surface area contributed by atoms with Crippen LogP contribution in [0.1, 0.15) is 18.5 Å². The van der Waals surface area contributed by atoms with Crippen molar-refractivity contribution in [1.29, 1.82) is 0 Å². The van der Waals surface area contributed by atoms with Crippen molar-refractivity contribution < 1.29 is 27.7 Å². The molecule has 0 aliphatic rings. The Kier molecular flexibility index (Phi) is 7.42. The molecule has 2 rings (SSSR count). The molecule has 9 heteroatoms. The first-order chi connectivity index (χ1) is 13.2. The fourth-order valence-electron chi connectivity index (χ4n) is 2.58. The molecule has 5 nitrogen and oxygen atoms in total. The first-order valence-corrected chi connectivity index (χ1v) is 8.84. The molecule has 0 aliphatic carbocycles. The second-order valence-corrected chi connectivity index (χ2v) is 6.86. The third kappa shape index (κ3) is 5.97. The lowest BCUT2D eigenvalue weighted by molar-refractivity contribution is -0.862. The Labute approximate surface area is 165 Å². The molecule has 2 atom stereocenters. The molecular weight excluding hydrogens is 395 g/mol. The van der Waals surface area contributed by atoms with E-state index in [0.29, 0.717) is 9.92 Å². The average molecular weight is 415 g/mol. The fraction of sp³-hybridized carbons (Fsp3) is 0.263. The summed E-state index contributed by atoms with van der Waals surface area (Å²) in [6.45, 7) is 1.62. The van der Waals surface area contributed by atoms with E-state index in [0.717, 1.165) is 17.7 Å². The fourth-order valence-corrected chi connectivity index (χ4v) is 2.78. The number of hydrogen-bond donors (Lipinski definition) is 3. The van der Waals surface area contributed by atoms with Crippen LogP contribution in [-0.2, 0) is 9.59 Å². The van der Waals surface area contributed by atoms with Crippen LogP contribution >= 0.6 is 11.6 Å². The van der Waals surface area contributed by atoms with Crippen LogP contribution in [0.15, 0.2) is 36.4 Å². The van der Waals surface area contributed by atoms with Gasteiger partial charge in [0.25, 0.3) is 11.8 Å². The van der Waals surface area contributed by atoms with E-state index >= 15 is 0 Å². The molecular formula is C19H20ClF3N3O2+. The molecule has 28 heavy (non-hydrogen) atoms. The zero-order chi connectivity index (χ0) is 20.8.